The molecule has 0 spiro atoms. The van der Waals surface area contributed by atoms with E-state index in [0.717, 1.165) is 49.2 Å². The molecule has 0 amide bonds. The third-order valence-electron chi connectivity index (χ3n) is 10.1. The lowest BCUT2D eigenvalue weighted by Gasteiger charge is -2.55. The molecule has 1 aromatic heterocycles. The minimum Gasteiger partial charge on any atom is -0.463 e. The average molecular weight is 580 g/mol. The van der Waals surface area contributed by atoms with Crippen LogP contribution in [0.15, 0.2) is 72.8 Å². The first kappa shape index (κ1) is 28.3. The summed E-state index contributed by atoms with van der Waals surface area (Å²) in [6.07, 6.45) is 7.14. The number of carbonyl (C=O) groups excluding carboxylic acids is 1. The van der Waals surface area contributed by atoms with Gasteiger partial charge in [0.2, 0.25) is 11.0 Å². The topological polar surface area (TPSA) is 60.7 Å². The molecule has 4 saturated carbocycles. The first-order valence-electron chi connectivity index (χ1n) is 16.1. The average Bonchev–Trinajstić information content (AvgIpc) is 3.02. The Morgan fingerprint density at radius 3 is 1.88 bits per heavy atom. The van der Waals surface area contributed by atoms with Gasteiger partial charge < -0.3 is 19.5 Å². The number of benzene rings is 3. The Kier molecular flexibility index (Phi) is 8.07. The third kappa shape index (κ3) is 5.75. The molecule has 8 rings (SSSR count). The summed E-state index contributed by atoms with van der Waals surface area (Å²) >= 11 is 0. The van der Waals surface area contributed by atoms with Crippen molar-refractivity contribution in [3.05, 3.63) is 72.8 Å². The van der Waals surface area contributed by atoms with Crippen LogP contribution in [0.4, 0.5) is 5.69 Å². The maximum Gasteiger partial charge on any atom is 0.312 e. The maximum atomic E-state index is 12.9. The van der Waals surface area contributed by atoms with E-state index in [4.69, 9.17) is 14.2 Å². The molecule has 0 atom stereocenters. The highest BCUT2D eigenvalue weighted by molar-refractivity contribution is 6.07. The molecule has 4 aliphatic rings. The number of pyridine rings is 1. The van der Waals surface area contributed by atoms with Crippen molar-refractivity contribution in [2.24, 2.45) is 30.2 Å². The van der Waals surface area contributed by atoms with Gasteiger partial charge in [-0.1, -0.05) is 36.4 Å². The zero-order valence-electron chi connectivity index (χ0n) is 25.2. The number of fused-ring (bicyclic) bond motifs is 2. The number of nitrogens with one attached hydrogen (secondary N) is 1. The van der Waals surface area contributed by atoms with Gasteiger partial charge in [-0.25, -0.2) is 0 Å². The lowest BCUT2D eigenvalue weighted by molar-refractivity contribution is -0.617. The van der Waals surface area contributed by atoms with Crippen LogP contribution in [0.25, 0.3) is 32.9 Å². The van der Waals surface area contributed by atoms with Crippen LogP contribution in [-0.2, 0) is 26.1 Å². The lowest BCUT2D eigenvalue weighted by Crippen LogP contribution is -2.50. The molecule has 0 radical (unpaired) electrons. The summed E-state index contributed by atoms with van der Waals surface area (Å²) in [4.78, 5) is 12.9. The van der Waals surface area contributed by atoms with Gasteiger partial charge in [-0.05, 0) is 86.1 Å². The van der Waals surface area contributed by atoms with Crippen LogP contribution >= 0.6 is 0 Å². The van der Waals surface area contributed by atoms with E-state index in [1.165, 1.54) is 52.2 Å². The number of hydrogen-bond donors (Lipinski definition) is 1. The SMILES string of the molecule is C[n+]1c2ccccc2c(-c2ccc(NCCOCCOCCOC(=O)C34CC5CC(CC(C5)C3)C4)cc2)c2ccccc21. The van der Waals surface area contributed by atoms with Gasteiger partial charge in [-0.2, -0.15) is 4.57 Å². The molecule has 4 aliphatic carbocycles. The highest BCUT2D eigenvalue weighted by Gasteiger charge is 2.55. The molecule has 0 aliphatic heterocycles. The van der Waals surface area contributed by atoms with Crippen LogP contribution in [0.3, 0.4) is 0 Å². The first-order valence-corrected chi connectivity index (χ1v) is 16.1. The van der Waals surface area contributed by atoms with Crippen molar-refractivity contribution in [2.75, 3.05) is 44.9 Å². The summed E-state index contributed by atoms with van der Waals surface area (Å²) in [5.74, 6) is 2.28. The van der Waals surface area contributed by atoms with Gasteiger partial charge >= 0.3 is 5.97 Å². The minimum absolute atomic E-state index is 0.0325. The molecule has 1 heterocycles. The second-order valence-electron chi connectivity index (χ2n) is 13.0. The fraction of sp³-hybridized carbons (Fsp3) is 0.459. The zero-order valence-corrected chi connectivity index (χ0v) is 25.2. The van der Waals surface area contributed by atoms with Crippen molar-refractivity contribution in [1.29, 1.82) is 0 Å². The lowest BCUT2D eigenvalue weighted by atomic mass is 9.49. The number of anilines is 1. The van der Waals surface area contributed by atoms with Crippen LogP contribution in [0, 0.1) is 23.2 Å². The molecule has 0 unspecified atom stereocenters. The molecule has 4 bridgehead atoms. The van der Waals surface area contributed by atoms with E-state index in [2.05, 4.69) is 89.7 Å². The molecule has 43 heavy (non-hydrogen) atoms. The van der Waals surface area contributed by atoms with Crippen LogP contribution in [0.2, 0.25) is 0 Å². The van der Waals surface area contributed by atoms with E-state index in [-0.39, 0.29) is 11.4 Å². The van der Waals surface area contributed by atoms with E-state index in [9.17, 15) is 4.79 Å². The predicted octanol–water partition coefficient (Wildman–Crippen LogP) is 6.69. The fourth-order valence-electron chi connectivity index (χ4n) is 8.59. The smallest absolute Gasteiger partial charge is 0.312 e. The second kappa shape index (κ2) is 12.3. The molecule has 3 aromatic carbocycles. The van der Waals surface area contributed by atoms with Gasteiger partial charge in [0, 0.05) is 29.9 Å². The van der Waals surface area contributed by atoms with Crippen molar-refractivity contribution >= 4 is 33.5 Å². The van der Waals surface area contributed by atoms with Crippen LogP contribution < -0.4 is 9.88 Å². The Labute approximate surface area is 254 Å². The highest BCUT2D eigenvalue weighted by atomic mass is 16.6. The number of aryl methyl sites for hydroxylation is 1. The Balaban J connectivity index is 0.827. The molecule has 1 N–H and O–H groups in total. The van der Waals surface area contributed by atoms with Crippen molar-refractivity contribution in [3.63, 3.8) is 0 Å². The van der Waals surface area contributed by atoms with E-state index in [0.29, 0.717) is 33.0 Å². The molecule has 0 saturated heterocycles. The van der Waals surface area contributed by atoms with Crippen molar-refractivity contribution in [3.8, 4) is 11.1 Å². The summed E-state index contributed by atoms with van der Waals surface area (Å²) in [5, 5.41) is 5.96. The Bertz CT molecular complexity index is 1510. The van der Waals surface area contributed by atoms with Gasteiger partial charge in [0.1, 0.15) is 13.7 Å². The van der Waals surface area contributed by atoms with Gasteiger partial charge in [0.15, 0.2) is 0 Å². The van der Waals surface area contributed by atoms with Crippen LogP contribution in [0.5, 0.6) is 0 Å². The number of nitrogens with zero attached hydrogens (tertiary/aromatic N) is 1. The molecule has 4 aromatic rings. The van der Waals surface area contributed by atoms with Crippen LogP contribution in [0.1, 0.15) is 38.5 Å². The number of aromatic nitrogens is 1. The minimum atomic E-state index is -0.187. The molecular weight excluding hydrogens is 536 g/mol. The Morgan fingerprint density at radius 2 is 1.28 bits per heavy atom. The summed E-state index contributed by atoms with van der Waals surface area (Å²) < 4.78 is 19.4. The largest absolute Gasteiger partial charge is 0.463 e. The standard InChI is InChI=1S/C37H42N2O4/c1-39-33-8-4-2-6-31(33)35(32-7-3-5-9-34(32)39)29-10-12-30(13-11-29)38-14-15-41-16-17-42-18-19-43-36(40)37-23-26-20-27(24-37)22-28(21-26)25-37/h2-13,26-28H,14-25H2,1H3/p+1. The van der Waals surface area contributed by atoms with Gasteiger partial charge in [0.25, 0.3) is 0 Å². The number of rotatable bonds is 12. The highest BCUT2D eigenvalue weighted by Crippen LogP contribution is 2.60. The normalized spacial score (nSPS) is 24.1. The number of carbonyl (C=O) groups is 1. The van der Waals surface area contributed by atoms with E-state index in [1.54, 1.807) is 0 Å². The number of para-hydroxylation sites is 2. The van der Waals surface area contributed by atoms with Crippen molar-refractivity contribution in [1.82, 2.24) is 0 Å². The molecule has 224 valence electrons. The Morgan fingerprint density at radius 1 is 0.744 bits per heavy atom. The maximum absolute atomic E-state index is 12.9. The van der Waals surface area contributed by atoms with Crippen molar-refractivity contribution < 1.29 is 23.6 Å². The molecule has 6 nitrogen and oxygen atoms in total. The van der Waals surface area contributed by atoms with Gasteiger partial charge in [-0.15, -0.1) is 0 Å². The van der Waals surface area contributed by atoms with Crippen molar-refractivity contribution in [2.45, 2.75) is 38.5 Å². The van der Waals surface area contributed by atoms with E-state index in [1.807, 2.05) is 0 Å². The fourth-order valence-corrected chi connectivity index (χ4v) is 8.59. The molecule has 6 heteroatoms. The van der Waals surface area contributed by atoms with E-state index < -0.39 is 0 Å². The summed E-state index contributed by atoms with van der Waals surface area (Å²) in [5.41, 5.74) is 5.79. The predicted molar refractivity (Wildman–Crippen MR) is 170 cm³/mol. The number of esters is 1. The zero-order chi connectivity index (χ0) is 29.2. The summed E-state index contributed by atoms with van der Waals surface area (Å²) in [6.45, 7) is 3.10. The monoisotopic (exact) mass is 579 g/mol. The van der Waals surface area contributed by atoms with Gasteiger partial charge in [0.05, 0.1) is 42.6 Å². The Hall–Kier alpha value is -3.48. The summed E-state index contributed by atoms with van der Waals surface area (Å²) in [6, 6.07) is 25.9. The quantitative estimate of drug-likeness (QED) is 0.0877. The molecular formula is C37H43N2O4+. The number of ether oxygens (including phenoxy) is 3. The molecule has 4 fully saturated rings. The summed E-state index contributed by atoms with van der Waals surface area (Å²) in [7, 11) is 2.13. The second-order valence-corrected chi connectivity index (χ2v) is 13.0. The number of hydrogen-bond acceptors (Lipinski definition) is 5. The first-order chi connectivity index (χ1) is 21.1. The third-order valence-corrected chi connectivity index (χ3v) is 10.1. The van der Waals surface area contributed by atoms with E-state index >= 15 is 0 Å². The van der Waals surface area contributed by atoms with Gasteiger partial charge in [-0.3, -0.25) is 4.79 Å². The van der Waals surface area contributed by atoms with Crippen LogP contribution in [-0.4, -0.2) is 45.5 Å².